The molecule has 92 valence electrons. The monoisotopic (exact) mass is 258 g/mol. The first-order chi connectivity index (χ1) is 8.04. The van der Waals surface area contributed by atoms with E-state index in [9.17, 15) is 9.18 Å². The molecular formula is C12H12ClFO3. The Bertz CT molecular complexity index is 423. The maximum Gasteiger partial charge on any atom is 0.334 e. The van der Waals surface area contributed by atoms with Crippen LogP contribution in [0.3, 0.4) is 0 Å². The zero-order chi connectivity index (χ0) is 12.8. The first kappa shape index (κ1) is 13.5. The Hall–Kier alpha value is -1.55. The van der Waals surface area contributed by atoms with Crippen LogP contribution in [0.2, 0.25) is 5.02 Å². The van der Waals surface area contributed by atoms with Crippen LogP contribution < -0.4 is 4.74 Å². The minimum Gasteiger partial charge on any atom is -0.463 e. The molecule has 0 bridgehead atoms. The first-order valence-corrected chi connectivity index (χ1v) is 5.39. The van der Waals surface area contributed by atoms with Crippen LogP contribution in [0, 0.1) is 5.82 Å². The minimum atomic E-state index is -0.589. The van der Waals surface area contributed by atoms with Crippen LogP contribution in [0.1, 0.15) is 13.8 Å². The van der Waals surface area contributed by atoms with Crippen molar-refractivity contribution in [1.29, 1.82) is 0 Å². The highest BCUT2D eigenvalue weighted by Crippen LogP contribution is 2.28. The summed E-state index contributed by atoms with van der Waals surface area (Å²) in [6, 6.07) is 4.19. The normalized spacial score (nSPS) is 11.2. The van der Waals surface area contributed by atoms with E-state index in [0.717, 1.165) is 6.08 Å². The van der Waals surface area contributed by atoms with Gasteiger partial charge in [-0.2, -0.15) is 0 Å². The van der Waals surface area contributed by atoms with Gasteiger partial charge in [-0.25, -0.2) is 9.18 Å². The van der Waals surface area contributed by atoms with Gasteiger partial charge in [0.15, 0.2) is 11.6 Å². The summed E-state index contributed by atoms with van der Waals surface area (Å²) in [6.45, 7) is 3.47. The van der Waals surface area contributed by atoms with Crippen LogP contribution in [0.15, 0.2) is 30.0 Å². The number of carbonyl (C=O) groups excluding carboxylic acids is 1. The molecule has 5 heteroatoms. The van der Waals surface area contributed by atoms with Crippen molar-refractivity contribution >= 4 is 17.6 Å². The van der Waals surface area contributed by atoms with Crippen molar-refractivity contribution in [3.05, 3.63) is 40.9 Å². The largest absolute Gasteiger partial charge is 0.463 e. The van der Waals surface area contributed by atoms with E-state index in [4.69, 9.17) is 16.3 Å². The van der Waals surface area contributed by atoms with E-state index in [-0.39, 0.29) is 23.1 Å². The number of halogens is 2. The molecule has 0 fully saturated rings. The molecule has 0 aliphatic rings. The third-order valence-corrected chi connectivity index (χ3v) is 2.09. The predicted molar refractivity (Wildman–Crippen MR) is 62.4 cm³/mol. The second kappa shape index (κ2) is 6.25. The number of hydrogen-bond donors (Lipinski definition) is 0. The van der Waals surface area contributed by atoms with Crippen LogP contribution in [0.5, 0.6) is 5.75 Å². The number of ether oxygens (including phenoxy) is 2. The zero-order valence-electron chi connectivity index (χ0n) is 9.50. The number of carbonyl (C=O) groups is 1. The summed E-state index contributed by atoms with van der Waals surface area (Å²) in [5.41, 5.74) is 0. The molecule has 1 rings (SSSR count). The summed E-state index contributed by atoms with van der Waals surface area (Å²) in [5, 5.41) is 0.140. The van der Waals surface area contributed by atoms with Gasteiger partial charge in [0.05, 0.1) is 17.7 Å². The molecule has 0 saturated heterocycles. The number of para-hydroxylation sites is 1. The molecular weight excluding hydrogens is 247 g/mol. The van der Waals surface area contributed by atoms with Crippen LogP contribution >= 0.6 is 11.6 Å². The third kappa shape index (κ3) is 4.07. The molecule has 0 heterocycles. The van der Waals surface area contributed by atoms with Gasteiger partial charge in [-0.3, -0.25) is 0 Å². The summed E-state index contributed by atoms with van der Waals surface area (Å²) in [5.74, 6) is -1.03. The minimum absolute atomic E-state index is 0.104. The van der Waals surface area contributed by atoms with E-state index >= 15 is 0 Å². The summed E-state index contributed by atoms with van der Waals surface area (Å²) >= 11 is 5.76. The smallest absolute Gasteiger partial charge is 0.334 e. The molecule has 0 aliphatic carbocycles. The lowest BCUT2D eigenvalue weighted by molar-refractivity contribution is -0.137. The second-order valence-corrected chi connectivity index (χ2v) is 3.57. The number of allylic oxidation sites excluding steroid dienone is 1. The molecule has 0 aliphatic heterocycles. The maximum atomic E-state index is 13.3. The number of benzene rings is 1. The molecule has 0 radical (unpaired) electrons. The summed E-state index contributed by atoms with van der Waals surface area (Å²) in [6.07, 6.45) is 1.13. The average Bonchev–Trinajstić information content (AvgIpc) is 2.24. The van der Waals surface area contributed by atoms with E-state index < -0.39 is 11.8 Å². The predicted octanol–water partition coefficient (Wildman–Crippen LogP) is 3.32. The quantitative estimate of drug-likeness (QED) is 0.472. The Morgan fingerprint density at radius 2 is 2.24 bits per heavy atom. The van der Waals surface area contributed by atoms with Crippen molar-refractivity contribution in [2.24, 2.45) is 0 Å². The van der Waals surface area contributed by atoms with Crippen molar-refractivity contribution in [3.8, 4) is 5.75 Å². The zero-order valence-corrected chi connectivity index (χ0v) is 10.3. The lowest BCUT2D eigenvalue weighted by Crippen LogP contribution is -2.03. The van der Waals surface area contributed by atoms with Gasteiger partial charge >= 0.3 is 5.97 Å². The summed E-state index contributed by atoms with van der Waals surface area (Å²) in [4.78, 5) is 11.1. The molecule has 0 spiro atoms. The average molecular weight is 259 g/mol. The third-order valence-electron chi connectivity index (χ3n) is 1.79. The fourth-order valence-corrected chi connectivity index (χ4v) is 1.32. The van der Waals surface area contributed by atoms with Crippen LogP contribution in [0.25, 0.3) is 0 Å². The molecule has 0 aromatic heterocycles. The second-order valence-electron chi connectivity index (χ2n) is 3.16. The molecule has 0 N–H and O–H groups in total. The molecule has 0 atom stereocenters. The SMILES string of the molecule is CCOC(=O)/C=C(\C)Oc1c(F)cccc1Cl. The summed E-state index contributed by atoms with van der Waals surface area (Å²) < 4.78 is 23.2. The van der Waals surface area contributed by atoms with Gasteiger partial charge in [-0.15, -0.1) is 0 Å². The van der Waals surface area contributed by atoms with Gasteiger partial charge in [0.1, 0.15) is 5.76 Å². The number of rotatable bonds is 4. The molecule has 1 aromatic carbocycles. The van der Waals surface area contributed by atoms with Gasteiger partial charge in [0.2, 0.25) is 0 Å². The highest BCUT2D eigenvalue weighted by molar-refractivity contribution is 6.32. The Morgan fingerprint density at radius 1 is 1.53 bits per heavy atom. The highest BCUT2D eigenvalue weighted by Gasteiger charge is 2.09. The Balaban J connectivity index is 2.81. The lowest BCUT2D eigenvalue weighted by Gasteiger charge is -2.08. The Morgan fingerprint density at radius 3 is 2.82 bits per heavy atom. The van der Waals surface area contributed by atoms with Gasteiger partial charge in [-0.1, -0.05) is 17.7 Å². The fraction of sp³-hybridized carbons (Fsp3) is 0.250. The topological polar surface area (TPSA) is 35.5 Å². The number of hydrogen-bond acceptors (Lipinski definition) is 3. The molecule has 0 amide bonds. The molecule has 0 unspecified atom stereocenters. The maximum absolute atomic E-state index is 13.3. The van der Waals surface area contributed by atoms with Crippen LogP contribution in [-0.4, -0.2) is 12.6 Å². The molecule has 3 nitrogen and oxygen atoms in total. The van der Waals surface area contributed by atoms with Gasteiger partial charge in [-0.05, 0) is 26.0 Å². The highest BCUT2D eigenvalue weighted by atomic mass is 35.5. The van der Waals surface area contributed by atoms with E-state index in [1.165, 1.54) is 25.1 Å². The van der Waals surface area contributed by atoms with Crippen LogP contribution in [0.4, 0.5) is 4.39 Å². The van der Waals surface area contributed by atoms with Crippen molar-refractivity contribution in [1.82, 2.24) is 0 Å². The lowest BCUT2D eigenvalue weighted by atomic mass is 10.3. The van der Waals surface area contributed by atoms with Crippen molar-refractivity contribution in [2.75, 3.05) is 6.61 Å². The fourth-order valence-electron chi connectivity index (χ4n) is 1.12. The van der Waals surface area contributed by atoms with Crippen molar-refractivity contribution in [2.45, 2.75) is 13.8 Å². The van der Waals surface area contributed by atoms with E-state index in [2.05, 4.69) is 4.74 Å². The Labute approximate surface area is 104 Å². The molecule has 1 aromatic rings. The van der Waals surface area contributed by atoms with E-state index in [1.54, 1.807) is 6.92 Å². The van der Waals surface area contributed by atoms with Gasteiger partial charge < -0.3 is 9.47 Å². The van der Waals surface area contributed by atoms with E-state index in [1.807, 2.05) is 0 Å². The molecule has 17 heavy (non-hydrogen) atoms. The van der Waals surface area contributed by atoms with Gasteiger partial charge in [0, 0.05) is 0 Å². The van der Waals surface area contributed by atoms with Crippen LogP contribution in [-0.2, 0) is 9.53 Å². The standard InChI is InChI=1S/C12H12ClFO3/c1-3-16-11(15)7-8(2)17-12-9(13)5-4-6-10(12)14/h4-7H,3H2,1-2H3/b8-7+. The van der Waals surface area contributed by atoms with Gasteiger partial charge in [0.25, 0.3) is 0 Å². The van der Waals surface area contributed by atoms with Crippen molar-refractivity contribution in [3.63, 3.8) is 0 Å². The molecule has 0 saturated carbocycles. The van der Waals surface area contributed by atoms with E-state index in [0.29, 0.717) is 0 Å². The first-order valence-electron chi connectivity index (χ1n) is 5.01. The Kier molecular flexibility index (Phi) is 4.97. The number of esters is 1. The van der Waals surface area contributed by atoms with Crippen molar-refractivity contribution < 1.29 is 18.7 Å². The summed E-state index contributed by atoms with van der Waals surface area (Å²) in [7, 11) is 0.